The topological polar surface area (TPSA) is 41.1 Å². The monoisotopic (exact) mass is 242 g/mol. The van der Waals surface area contributed by atoms with Gasteiger partial charge in [-0.05, 0) is 38.9 Å². The van der Waals surface area contributed by atoms with Crippen molar-refractivity contribution in [3.8, 4) is 0 Å². The van der Waals surface area contributed by atoms with E-state index in [1.807, 2.05) is 18.7 Å². The fourth-order valence-corrected chi connectivity index (χ4v) is 2.93. The van der Waals surface area contributed by atoms with Crippen LogP contribution in [0.15, 0.2) is 0 Å². The number of carbonyl (C=O) groups excluding carboxylic acids is 1. The first-order valence-corrected chi connectivity index (χ1v) is 7.47. The number of rotatable bonds is 6. The maximum Gasteiger partial charge on any atom is 0.237 e. The highest BCUT2D eigenvalue weighted by Gasteiger charge is 2.36. The molecule has 0 heterocycles. The predicted octanol–water partition coefficient (Wildman–Crippen LogP) is 1.53. The average Bonchev–Trinajstić information content (AvgIpc) is 3.00. The molecular formula is C12H22N2OS. The lowest BCUT2D eigenvalue weighted by atomic mass is 9.84. The first kappa shape index (κ1) is 12.2. The van der Waals surface area contributed by atoms with Crippen molar-refractivity contribution in [3.63, 3.8) is 0 Å². The van der Waals surface area contributed by atoms with E-state index in [0.29, 0.717) is 10.8 Å². The van der Waals surface area contributed by atoms with Crippen LogP contribution in [-0.4, -0.2) is 35.5 Å². The van der Waals surface area contributed by atoms with E-state index in [4.69, 9.17) is 0 Å². The van der Waals surface area contributed by atoms with Gasteiger partial charge < -0.3 is 10.6 Å². The molecule has 16 heavy (non-hydrogen) atoms. The van der Waals surface area contributed by atoms with E-state index in [-0.39, 0.29) is 11.9 Å². The van der Waals surface area contributed by atoms with Gasteiger partial charge in [0.2, 0.25) is 5.91 Å². The van der Waals surface area contributed by atoms with Crippen LogP contribution in [0.3, 0.4) is 0 Å². The van der Waals surface area contributed by atoms with Gasteiger partial charge in [0.15, 0.2) is 0 Å². The van der Waals surface area contributed by atoms with E-state index in [0.717, 1.165) is 19.4 Å². The minimum Gasteiger partial charge on any atom is -0.352 e. The molecule has 4 heteroatoms. The summed E-state index contributed by atoms with van der Waals surface area (Å²) in [7, 11) is 0. The Morgan fingerprint density at radius 1 is 1.50 bits per heavy atom. The largest absolute Gasteiger partial charge is 0.352 e. The van der Waals surface area contributed by atoms with E-state index in [9.17, 15) is 4.79 Å². The van der Waals surface area contributed by atoms with Crippen molar-refractivity contribution >= 4 is 17.7 Å². The first-order valence-electron chi connectivity index (χ1n) is 6.24. The zero-order valence-corrected chi connectivity index (χ0v) is 11.0. The minimum absolute atomic E-state index is 0.0507. The van der Waals surface area contributed by atoms with Gasteiger partial charge in [-0.15, -0.1) is 0 Å². The molecule has 2 N–H and O–H groups in total. The summed E-state index contributed by atoms with van der Waals surface area (Å²) >= 11 is 1.94. The lowest BCUT2D eigenvalue weighted by molar-refractivity contribution is -0.122. The summed E-state index contributed by atoms with van der Waals surface area (Å²) in [4.78, 5) is 11.7. The summed E-state index contributed by atoms with van der Waals surface area (Å²) in [5.74, 6) is 0.165. The molecule has 3 nitrogen and oxygen atoms in total. The third-order valence-electron chi connectivity index (χ3n) is 3.75. The molecule has 92 valence electrons. The molecule has 0 radical (unpaired) electrons. The van der Waals surface area contributed by atoms with Gasteiger partial charge in [0.25, 0.3) is 0 Å². The van der Waals surface area contributed by atoms with Crippen LogP contribution >= 0.6 is 11.8 Å². The molecule has 2 fully saturated rings. The summed E-state index contributed by atoms with van der Waals surface area (Å²) in [6, 6.07) is 0.417. The third-order valence-corrected chi connectivity index (χ3v) is 5.16. The van der Waals surface area contributed by atoms with Crippen molar-refractivity contribution < 1.29 is 4.79 Å². The second kappa shape index (κ2) is 4.96. The quantitative estimate of drug-likeness (QED) is 0.742. The van der Waals surface area contributed by atoms with Crippen molar-refractivity contribution in [3.05, 3.63) is 0 Å². The van der Waals surface area contributed by atoms with E-state index < -0.39 is 0 Å². The van der Waals surface area contributed by atoms with Crippen LogP contribution in [0.4, 0.5) is 0 Å². The highest BCUT2D eigenvalue weighted by molar-refractivity contribution is 8.00. The fourth-order valence-electron chi connectivity index (χ4n) is 2.01. The van der Waals surface area contributed by atoms with E-state index >= 15 is 0 Å². The molecule has 0 aromatic heterocycles. The summed E-state index contributed by atoms with van der Waals surface area (Å²) in [6.45, 7) is 2.93. The molecule has 0 bridgehead atoms. The summed E-state index contributed by atoms with van der Waals surface area (Å²) in [5, 5.41) is 6.41. The second-order valence-electron chi connectivity index (χ2n) is 5.13. The van der Waals surface area contributed by atoms with Crippen molar-refractivity contribution in [1.29, 1.82) is 0 Å². The SMILES string of the molecule is CSC1(CNC(C)C(=O)NC2CC2)CCC1. The van der Waals surface area contributed by atoms with Crippen LogP contribution in [0.5, 0.6) is 0 Å². The van der Waals surface area contributed by atoms with Gasteiger partial charge in [-0.25, -0.2) is 0 Å². The van der Waals surface area contributed by atoms with Crippen molar-refractivity contribution in [2.75, 3.05) is 12.8 Å². The Morgan fingerprint density at radius 2 is 2.19 bits per heavy atom. The molecule has 1 unspecified atom stereocenters. The maximum atomic E-state index is 11.7. The molecule has 0 aliphatic heterocycles. The second-order valence-corrected chi connectivity index (χ2v) is 6.40. The maximum absolute atomic E-state index is 11.7. The highest BCUT2D eigenvalue weighted by atomic mass is 32.2. The van der Waals surface area contributed by atoms with Gasteiger partial charge in [-0.3, -0.25) is 4.79 Å². The smallest absolute Gasteiger partial charge is 0.237 e. The predicted molar refractivity (Wildman–Crippen MR) is 68.7 cm³/mol. The van der Waals surface area contributed by atoms with Crippen LogP contribution in [0.2, 0.25) is 0 Å². The van der Waals surface area contributed by atoms with Gasteiger partial charge in [-0.1, -0.05) is 6.42 Å². The Hall–Kier alpha value is -0.220. The zero-order chi connectivity index (χ0) is 11.6. The Balaban J connectivity index is 1.69. The number of nitrogens with one attached hydrogen (secondary N) is 2. The highest BCUT2D eigenvalue weighted by Crippen LogP contribution is 2.42. The number of thioether (sulfide) groups is 1. The molecule has 2 aliphatic carbocycles. The van der Waals surface area contributed by atoms with Gasteiger partial charge in [-0.2, -0.15) is 11.8 Å². The summed E-state index contributed by atoms with van der Waals surface area (Å²) in [5.41, 5.74) is 0. The first-order chi connectivity index (χ1) is 7.65. The Labute approximate surface area is 102 Å². The zero-order valence-electron chi connectivity index (χ0n) is 10.2. The normalized spacial score (nSPS) is 24.6. The molecule has 0 aromatic rings. The Morgan fingerprint density at radius 3 is 2.62 bits per heavy atom. The van der Waals surface area contributed by atoms with Crippen LogP contribution in [-0.2, 0) is 4.79 Å². The molecule has 2 saturated carbocycles. The molecule has 0 aromatic carbocycles. The van der Waals surface area contributed by atoms with Gasteiger partial charge in [0, 0.05) is 17.3 Å². The molecule has 2 aliphatic rings. The number of hydrogen-bond acceptors (Lipinski definition) is 3. The Kier molecular flexibility index (Phi) is 3.80. The number of hydrogen-bond donors (Lipinski definition) is 2. The lowest BCUT2D eigenvalue weighted by Gasteiger charge is -2.41. The van der Waals surface area contributed by atoms with E-state index in [2.05, 4.69) is 16.9 Å². The van der Waals surface area contributed by atoms with Crippen molar-refractivity contribution in [1.82, 2.24) is 10.6 Å². The van der Waals surface area contributed by atoms with Crippen LogP contribution in [0.1, 0.15) is 39.0 Å². The average molecular weight is 242 g/mol. The van der Waals surface area contributed by atoms with E-state index in [1.54, 1.807) is 0 Å². The molecular weight excluding hydrogens is 220 g/mol. The van der Waals surface area contributed by atoms with Crippen LogP contribution in [0, 0.1) is 0 Å². The molecule has 1 atom stereocenters. The summed E-state index contributed by atoms with van der Waals surface area (Å²) < 4.78 is 0.411. The fraction of sp³-hybridized carbons (Fsp3) is 0.917. The molecule has 0 saturated heterocycles. The molecule has 2 rings (SSSR count). The van der Waals surface area contributed by atoms with Crippen LogP contribution in [0.25, 0.3) is 0 Å². The lowest BCUT2D eigenvalue weighted by Crippen LogP contribution is -2.50. The molecule has 1 amide bonds. The number of carbonyl (C=O) groups is 1. The number of amides is 1. The van der Waals surface area contributed by atoms with Gasteiger partial charge in [0.05, 0.1) is 6.04 Å². The van der Waals surface area contributed by atoms with Crippen LogP contribution < -0.4 is 10.6 Å². The minimum atomic E-state index is -0.0507. The van der Waals surface area contributed by atoms with Crippen molar-refractivity contribution in [2.45, 2.75) is 55.9 Å². The molecule has 0 spiro atoms. The standard InChI is InChI=1S/C12H22N2OS/c1-9(11(15)14-10-4-5-10)13-8-12(16-2)6-3-7-12/h9-10,13H,3-8H2,1-2H3,(H,14,15). The van der Waals surface area contributed by atoms with Gasteiger partial charge >= 0.3 is 0 Å². The van der Waals surface area contributed by atoms with Crippen molar-refractivity contribution in [2.24, 2.45) is 0 Å². The van der Waals surface area contributed by atoms with Gasteiger partial charge in [0.1, 0.15) is 0 Å². The Bertz CT molecular complexity index is 256. The third kappa shape index (κ3) is 2.92. The van der Waals surface area contributed by atoms with E-state index in [1.165, 1.54) is 19.3 Å². The summed E-state index contributed by atoms with van der Waals surface area (Å²) in [6.07, 6.45) is 8.41.